The topological polar surface area (TPSA) is 21.6 Å². The molecule has 1 aliphatic rings. The molecule has 1 aliphatic heterocycles. The Balaban J connectivity index is 2.44. The molecule has 0 aromatic carbocycles. The summed E-state index contributed by atoms with van der Waals surface area (Å²) >= 11 is 0. The summed E-state index contributed by atoms with van der Waals surface area (Å²) in [6.07, 6.45) is 17.7. The van der Waals surface area contributed by atoms with E-state index < -0.39 is 0 Å². The van der Waals surface area contributed by atoms with Gasteiger partial charge in [-0.25, -0.2) is 0 Å². The van der Waals surface area contributed by atoms with E-state index in [2.05, 4.69) is 44.0 Å². The third-order valence-electron chi connectivity index (χ3n) is 4.10. The highest BCUT2D eigenvalue weighted by Gasteiger charge is 2.13. The third kappa shape index (κ3) is 7.22. The summed E-state index contributed by atoms with van der Waals surface area (Å²) in [5.41, 5.74) is 3.68. The van der Waals surface area contributed by atoms with E-state index >= 15 is 0 Å². The van der Waals surface area contributed by atoms with Crippen LogP contribution < -0.4 is 0 Å². The molecule has 0 saturated carbocycles. The average Bonchev–Trinajstić information content (AvgIpc) is 3.00. The van der Waals surface area contributed by atoms with Gasteiger partial charge in [0.05, 0.1) is 6.10 Å². The first-order valence-corrected chi connectivity index (χ1v) is 8.83. The zero-order valence-electron chi connectivity index (χ0n) is 14.9. The number of aliphatic imine (C=N–C) groups is 1. The largest absolute Gasteiger partial charge is 0.378 e. The molecule has 1 atom stereocenters. The van der Waals surface area contributed by atoms with Gasteiger partial charge in [-0.3, -0.25) is 4.99 Å². The molecule has 0 aromatic rings. The summed E-state index contributed by atoms with van der Waals surface area (Å²) in [5, 5.41) is 0. The Kier molecular flexibility index (Phi) is 9.81. The Morgan fingerprint density at radius 1 is 1.27 bits per heavy atom. The van der Waals surface area contributed by atoms with Crippen LogP contribution in [0.3, 0.4) is 0 Å². The molecule has 0 aliphatic carbocycles. The second-order valence-corrected chi connectivity index (χ2v) is 6.00. The van der Waals surface area contributed by atoms with Crippen molar-refractivity contribution in [3.8, 4) is 0 Å². The van der Waals surface area contributed by atoms with Crippen LogP contribution in [0.1, 0.15) is 72.6 Å². The minimum absolute atomic E-state index is 0.537. The Bertz CT molecular complexity index is 423. The molecule has 0 radical (unpaired) electrons. The lowest BCUT2D eigenvalue weighted by molar-refractivity contribution is 0.102. The number of rotatable bonds is 9. The van der Waals surface area contributed by atoms with Crippen LogP contribution >= 0.6 is 0 Å². The fourth-order valence-electron chi connectivity index (χ4n) is 2.92. The molecule has 0 bridgehead atoms. The van der Waals surface area contributed by atoms with Gasteiger partial charge in [0, 0.05) is 18.5 Å². The van der Waals surface area contributed by atoms with E-state index in [9.17, 15) is 0 Å². The Morgan fingerprint density at radius 3 is 2.73 bits per heavy atom. The van der Waals surface area contributed by atoms with E-state index in [4.69, 9.17) is 4.74 Å². The van der Waals surface area contributed by atoms with E-state index in [0.717, 1.165) is 25.1 Å². The third-order valence-corrected chi connectivity index (χ3v) is 4.10. The predicted octanol–water partition coefficient (Wildman–Crippen LogP) is 6.00. The second kappa shape index (κ2) is 11.4. The smallest absolute Gasteiger partial charge is 0.0576 e. The van der Waals surface area contributed by atoms with Gasteiger partial charge in [0.2, 0.25) is 0 Å². The average molecular weight is 303 g/mol. The van der Waals surface area contributed by atoms with E-state index in [-0.39, 0.29) is 0 Å². The minimum atomic E-state index is 0.537. The van der Waals surface area contributed by atoms with Crippen molar-refractivity contribution in [1.29, 1.82) is 0 Å². The van der Waals surface area contributed by atoms with E-state index in [1.54, 1.807) is 0 Å². The van der Waals surface area contributed by atoms with Crippen LogP contribution in [0.2, 0.25) is 0 Å². The number of ether oxygens (including phenoxy) is 1. The molecular formula is C20H33NO. The predicted molar refractivity (Wildman–Crippen MR) is 97.5 cm³/mol. The molecule has 22 heavy (non-hydrogen) atoms. The van der Waals surface area contributed by atoms with Crippen molar-refractivity contribution in [3.63, 3.8) is 0 Å². The molecule has 1 rings (SSSR count). The number of allylic oxidation sites excluding steroid dienone is 6. The Labute approximate surface area is 137 Å². The summed E-state index contributed by atoms with van der Waals surface area (Å²) in [6.45, 7) is 9.38. The molecule has 0 aromatic heterocycles. The number of hydrogen-bond acceptors (Lipinski definition) is 2. The van der Waals surface area contributed by atoms with Crippen LogP contribution in [0.5, 0.6) is 0 Å². The van der Waals surface area contributed by atoms with Crippen LogP contribution in [0, 0.1) is 0 Å². The van der Waals surface area contributed by atoms with Crippen molar-refractivity contribution in [2.24, 2.45) is 4.99 Å². The van der Waals surface area contributed by atoms with E-state index in [1.165, 1.54) is 43.3 Å². The van der Waals surface area contributed by atoms with Crippen molar-refractivity contribution < 1.29 is 4.74 Å². The molecule has 1 fully saturated rings. The first-order valence-electron chi connectivity index (χ1n) is 8.83. The first-order chi connectivity index (χ1) is 10.7. The van der Waals surface area contributed by atoms with Gasteiger partial charge in [-0.1, -0.05) is 31.6 Å². The van der Waals surface area contributed by atoms with E-state index in [0.29, 0.717) is 6.10 Å². The van der Waals surface area contributed by atoms with Gasteiger partial charge in [-0.05, 0) is 70.4 Å². The lowest BCUT2D eigenvalue weighted by Gasteiger charge is -2.08. The molecule has 0 amide bonds. The monoisotopic (exact) mass is 303 g/mol. The van der Waals surface area contributed by atoms with Crippen LogP contribution in [-0.2, 0) is 4.74 Å². The highest BCUT2D eigenvalue weighted by molar-refractivity contribution is 5.56. The van der Waals surface area contributed by atoms with Crippen LogP contribution in [0.15, 0.2) is 40.1 Å². The second-order valence-electron chi connectivity index (χ2n) is 6.00. The van der Waals surface area contributed by atoms with E-state index in [1.807, 2.05) is 13.1 Å². The molecule has 1 saturated heterocycles. The van der Waals surface area contributed by atoms with Crippen molar-refractivity contribution >= 4 is 6.21 Å². The summed E-state index contributed by atoms with van der Waals surface area (Å²) in [7, 11) is 0. The van der Waals surface area contributed by atoms with Crippen molar-refractivity contribution in [2.45, 2.75) is 78.7 Å². The number of unbranched alkanes of at least 4 members (excludes halogenated alkanes) is 2. The van der Waals surface area contributed by atoms with Gasteiger partial charge >= 0.3 is 0 Å². The van der Waals surface area contributed by atoms with Crippen molar-refractivity contribution in [2.75, 3.05) is 6.61 Å². The summed E-state index contributed by atoms with van der Waals surface area (Å²) in [6, 6.07) is 0. The summed E-state index contributed by atoms with van der Waals surface area (Å²) in [4.78, 5) is 4.44. The zero-order chi connectivity index (χ0) is 16.2. The minimum Gasteiger partial charge on any atom is -0.378 e. The molecular weight excluding hydrogens is 270 g/mol. The lowest BCUT2D eigenvalue weighted by atomic mass is 10.0. The maximum absolute atomic E-state index is 5.67. The fourth-order valence-corrected chi connectivity index (χ4v) is 2.92. The van der Waals surface area contributed by atoms with Crippen molar-refractivity contribution in [1.82, 2.24) is 0 Å². The highest BCUT2D eigenvalue weighted by Crippen LogP contribution is 2.20. The van der Waals surface area contributed by atoms with Gasteiger partial charge in [0.15, 0.2) is 0 Å². The summed E-state index contributed by atoms with van der Waals surface area (Å²) < 4.78 is 5.67. The highest BCUT2D eigenvalue weighted by atomic mass is 16.5. The summed E-state index contributed by atoms with van der Waals surface area (Å²) in [5.74, 6) is 0. The number of nitrogens with zero attached hydrogens (tertiary/aromatic N) is 1. The van der Waals surface area contributed by atoms with Crippen molar-refractivity contribution in [3.05, 3.63) is 35.1 Å². The Morgan fingerprint density at radius 2 is 2.09 bits per heavy atom. The molecule has 0 unspecified atom stereocenters. The van der Waals surface area contributed by atoms with Gasteiger partial charge in [0.1, 0.15) is 0 Å². The van der Waals surface area contributed by atoms with Gasteiger partial charge in [-0.15, -0.1) is 0 Å². The van der Waals surface area contributed by atoms with Crippen LogP contribution in [0.4, 0.5) is 0 Å². The molecule has 1 heterocycles. The van der Waals surface area contributed by atoms with Gasteiger partial charge in [-0.2, -0.15) is 0 Å². The van der Waals surface area contributed by atoms with Crippen LogP contribution in [0.25, 0.3) is 0 Å². The lowest BCUT2D eigenvalue weighted by Crippen LogP contribution is -2.03. The normalized spacial score (nSPS) is 21.1. The van der Waals surface area contributed by atoms with Crippen LogP contribution in [-0.4, -0.2) is 18.9 Å². The van der Waals surface area contributed by atoms with Gasteiger partial charge in [0.25, 0.3) is 0 Å². The quantitative estimate of drug-likeness (QED) is 0.291. The standard InChI is InChI=1S/C20H33NO/c1-5-12-17(3)20(18(4)21-6-2)15-10-8-7-9-13-19-14-11-16-22-19/h6,10,12,15,19H,5,7-9,11,13-14,16H2,1-4H3/b15-10-,17-12+,20-18-,21-6-/t19-/m0/s1. The molecule has 0 N–H and O–H groups in total. The zero-order valence-corrected chi connectivity index (χ0v) is 14.9. The molecule has 0 spiro atoms. The molecule has 124 valence electrons. The van der Waals surface area contributed by atoms with Gasteiger partial charge < -0.3 is 4.74 Å². The molecule has 2 nitrogen and oxygen atoms in total. The SMILES string of the molecule is C\C=N/C(C)=C(/C=C\CCCC[C@H]1CCCO1)C(\C)=C\CC. The number of hydrogen-bond donors (Lipinski definition) is 0. The first kappa shape index (κ1) is 18.9. The Hall–Kier alpha value is -1.15. The maximum Gasteiger partial charge on any atom is 0.0576 e. The molecule has 2 heteroatoms. The fraction of sp³-hybridized carbons (Fsp3) is 0.650. The maximum atomic E-state index is 5.67.